The van der Waals surface area contributed by atoms with Gasteiger partial charge in [-0.2, -0.15) is 13.2 Å². The number of halogens is 5. The number of rotatable bonds is 2. The van der Waals surface area contributed by atoms with Crippen LogP contribution >= 0.6 is 38.9 Å². The van der Waals surface area contributed by atoms with Gasteiger partial charge in [0.2, 0.25) is 5.13 Å². The van der Waals surface area contributed by atoms with Crippen LogP contribution in [0.25, 0.3) is 0 Å². The quantitative estimate of drug-likeness (QED) is 0.844. The van der Waals surface area contributed by atoms with Crippen molar-refractivity contribution in [3.8, 4) is 0 Å². The third-order valence-electron chi connectivity index (χ3n) is 1.88. The third kappa shape index (κ3) is 3.33. The second kappa shape index (κ2) is 5.02. The van der Waals surface area contributed by atoms with E-state index in [1.165, 1.54) is 6.07 Å². The van der Waals surface area contributed by atoms with Crippen LogP contribution in [-0.2, 0) is 6.18 Å². The zero-order chi connectivity index (χ0) is 13.3. The van der Waals surface area contributed by atoms with E-state index in [0.29, 0.717) is 9.05 Å². The summed E-state index contributed by atoms with van der Waals surface area (Å²) < 4.78 is 38.2. The lowest BCUT2D eigenvalue weighted by Gasteiger charge is -2.10. The molecule has 0 saturated heterocycles. The van der Waals surface area contributed by atoms with E-state index in [-0.39, 0.29) is 10.7 Å². The van der Waals surface area contributed by atoms with Crippen molar-refractivity contribution >= 4 is 49.7 Å². The summed E-state index contributed by atoms with van der Waals surface area (Å²) in [5.41, 5.74) is -0.612. The van der Waals surface area contributed by atoms with E-state index in [1.54, 1.807) is 0 Å². The fraction of sp³-hybridized carbons (Fsp3) is 0.111. The molecule has 1 N–H and O–H groups in total. The first-order valence-corrected chi connectivity index (χ1v) is 6.47. The lowest BCUT2D eigenvalue weighted by molar-refractivity contribution is -0.137. The summed E-state index contributed by atoms with van der Waals surface area (Å²) in [6.45, 7) is 0. The Morgan fingerprint density at radius 2 is 1.94 bits per heavy atom. The van der Waals surface area contributed by atoms with E-state index in [2.05, 4.69) is 31.4 Å². The SMILES string of the molecule is FC(F)(F)c1cc(Cl)cc(Nc2nnc(Br)s2)c1. The standard InChI is InChI=1S/C9H4BrClF3N3S/c10-7-16-17-8(18-7)15-6-2-4(9(12,13)14)1-5(11)3-6/h1-3H,(H,15,17). The topological polar surface area (TPSA) is 37.8 Å². The molecule has 0 aliphatic rings. The second-order valence-corrected chi connectivity index (χ2v) is 5.90. The zero-order valence-electron chi connectivity index (χ0n) is 8.42. The first-order chi connectivity index (χ1) is 8.34. The summed E-state index contributed by atoms with van der Waals surface area (Å²) in [5, 5.41) is 10.5. The van der Waals surface area contributed by atoms with Crippen molar-refractivity contribution in [2.45, 2.75) is 6.18 Å². The minimum absolute atomic E-state index is 0.00379. The highest BCUT2D eigenvalue weighted by Gasteiger charge is 2.31. The molecular weight excluding hydrogens is 355 g/mol. The van der Waals surface area contributed by atoms with Gasteiger partial charge in [-0.3, -0.25) is 0 Å². The normalized spacial score (nSPS) is 11.6. The molecule has 2 aromatic rings. The molecule has 1 heterocycles. The molecule has 0 atom stereocenters. The molecule has 3 nitrogen and oxygen atoms in total. The maximum atomic E-state index is 12.6. The Balaban J connectivity index is 2.31. The molecule has 9 heteroatoms. The van der Waals surface area contributed by atoms with Gasteiger partial charge < -0.3 is 5.32 Å². The van der Waals surface area contributed by atoms with Crippen LogP contribution in [0.3, 0.4) is 0 Å². The predicted octanol–water partition coefficient (Wildman–Crippen LogP) is 4.72. The number of nitrogens with zero attached hydrogens (tertiary/aromatic N) is 2. The van der Waals surface area contributed by atoms with Gasteiger partial charge in [0.1, 0.15) is 0 Å². The summed E-state index contributed by atoms with van der Waals surface area (Å²) in [7, 11) is 0. The minimum Gasteiger partial charge on any atom is -0.330 e. The molecule has 1 aromatic carbocycles. The third-order valence-corrected chi connectivity index (χ3v) is 3.37. The lowest BCUT2D eigenvalue weighted by Crippen LogP contribution is -2.05. The van der Waals surface area contributed by atoms with Crippen LogP contribution in [0.2, 0.25) is 5.02 Å². The van der Waals surface area contributed by atoms with Crippen LogP contribution in [0.1, 0.15) is 5.56 Å². The summed E-state index contributed by atoms with van der Waals surface area (Å²) in [4.78, 5) is 0. The van der Waals surface area contributed by atoms with Gasteiger partial charge in [-0.15, -0.1) is 10.2 Å². The molecule has 0 saturated carbocycles. The maximum Gasteiger partial charge on any atom is 0.416 e. The maximum absolute atomic E-state index is 12.6. The second-order valence-electron chi connectivity index (χ2n) is 3.21. The Hall–Kier alpha value is -0.860. The van der Waals surface area contributed by atoms with Crippen molar-refractivity contribution in [2.24, 2.45) is 0 Å². The Bertz CT molecular complexity index is 572. The van der Waals surface area contributed by atoms with Crippen molar-refractivity contribution in [3.05, 3.63) is 32.7 Å². The highest BCUT2D eigenvalue weighted by atomic mass is 79.9. The average Bonchev–Trinajstić information content (AvgIpc) is 2.61. The Morgan fingerprint density at radius 3 is 2.50 bits per heavy atom. The molecule has 0 aliphatic heterocycles. The molecule has 1 aromatic heterocycles. The molecule has 18 heavy (non-hydrogen) atoms. The van der Waals surface area contributed by atoms with E-state index in [0.717, 1.165) is 23.5 Å². The predicted molar refractivity (Wildman–Crippen MR) is 67.3 cm³/mol. The summed E-state index contributed by atoms with van der Waals surface area (Å²) >= 11 is 9.91. The molecule has 0 unspecified atom stereocenters. The number of aromatic nitrogens is 2. The smallest absolute Gasteiger partial charge is 0.330 e. The lowest BCUT2D eigenvalue weighted by atomic mass is 10.2. The van der Waals surface area contributed by atoms with Gasteiger partial charge in [0.25, 0.3) is 0 Å². The van der Waals surface area contributed by atoms with Crippen molar-refractivity contribution in [2.75, 3.05) is 5.32 Å². The summed E-state index contributed by atoms with van der Waals surface area (Å²) in [5.74, 6) is 0. The van der Waals surface area contributed by atoms with E-state index in [4.69, 9.17) is 11.6 Å². The number of benzene rings is 1. The molecule has 0 amide bonds. The van der Waals surface area contributed by atoms with Crippen molar-refractivity contribution in [1.29, 1.82) is 0 Å². The summed E-state index contributed by atoms with van der Waals surface area (Å²) in [6.07, 6.45) is -4.44. The first-order valence-electron chi connectivity index (χ1n) is 4.48. The molecule has 0 radical (unpaired) electrons. The van der Waals surface area contributed by atoms with Gasteiger partial charge in [-0.25, -0.2) is 0 Å². The Morgan fingerprint density at radius 1 is 1.22 bits per heavy atom. The molecule has 0 fully saturated rings. The first kappa shape index (κ1) is 13.6. The van der Waals surface area contributed by atoms with E-state index in [1.807, 2.05) is 0 Å². The molecule has 96 valence electrons. The highest BCUT2D eigenvalue weighted by Crippen LogP contribution is 2.34. The van der Waals surface area contributed by atoms with E-state index >= 15 is 0 Å². The van der Waals surface area contributed by atoms with Crippen LogP contribution in [-0.4, -0.2) is 10.2 Å². The van der Waals surface area contributed by atoms with Crippen LogP contribution < -0.4 is 5.32 Å². The van der Waals surface area contributed by atoms with Crippen LogP contribution in [0, 0.1) is 0 Å². The van der Waals surface area contributed by atoms with Gasteiger partial charge in [-0.05, 0) is 34.1 Å². The largest absolute Gasteiger partial charge is 0.416 e. The van der Waals surface area contributed by atoms with Gasteiger partial charge in [0.15, 0.2) is 3.92 Å². The van der Waals surface area contributed by atoms with Gasteiger partial charge in [-0.1, -0.05) is 22.9 Å². The number of alkyl halides is 3. The van der Waals surface area contributed by atoms with Crippen LogP contribution in [0.5, 0.6) is 0 Å². The molecule has 0 aliphatic carbocycles. The van der Waals surface area contributed by atoms with Gasteiger partial charge in [0.05, 0.1) is 5.56 Å². The molecule has 0 bridgehead atoms. The van der Waals surface area contributed by atoms with E-state index < -0.39 is 11.7 Å². The average molecular weight is 359 g/mol. The van der Waals surface area contributed by atoms with Crippen LogP contribution in [0.15, 0.2) is 22.1 Å². The van der Waals surface area contributed by atoms with Crippen molar-refractivity contribution < 1.29 is 13.2 Å². The Labute approximate surface area is 117 Å². The number of hydrogen-bond donors (Lipinski definition) is 1. The summed E-state index contributed by atoms with van der Waals surface area (Å²) in [6, 6.07) is 3.20. The number of hydrogen-bond acceptors (Lipinski definition) is 4. The fourth-order valence-corrected chi connectivity index (χ4v) is 2.47. The van der Waals surface area contributed by atoms with Crippen molar-refractivity contribution in [1.82, 2.24) is 10.2 Å². The molecule has 2 rings (SSSR count). The highest BCUT2D eigenvalue weighted by molar-refractivity contribution is 9.11. The minimum atomic E-state index is -4.44. The monoisotopic (exact) mass is 357 g/mol. The molecule has 0 spiro atoms. The Kier molecular flexibility index (Phi) is 3.79. The number of anilines is 2. The zero-order valence-corrected chi connectivity index (χ0v) is 11.6. The van der Waals surface area contributed by atoms with E-state index in [9.17, 15) is 13.2 Å². The number of nitrogens with one attached hydrogen (secondary N) is 1. The fourth-order valence-electron chi connectivity index (χ4n) is 1.20. The molecular formula is C9H4BrClF3N3S. The van der Waals surface area contributed by atoms with Gasteiger partial charge >= 0.3 is 6.18 Å². The van der Waals surface area contributed by atoms with Crippen LogP contribution in [0.4, 0.5) is 24.0 Å². The van der Waals surface area contributed by atoms with Crippen molar-refractivity contribution in [3.63, 3.8) is 0 Å². The van der Waals surface area contributed by atoms with Gasteiger partial charge in [0, 0.05) is 10.7 Å².